The lowest BCUT2D eigenvalue weighted by molar-refractivity contribution is 0.242. The topological polar surface area (TPSA) is 62.8 Å². The quantitative estimate of drug-likeness (QED) is 0.769. The molecule has 0 saturated carbocycles. The molecule has 0 fully saturated rings. The van der Waals surface area contributed by atoms with Crippen LogP contribution in [0.5, 0.6) is 5.75 Å². The van der Waals surface area contributed by atoms with Gasteiger partial charge in [0, 0.05) is 12.6 Å². The van der Waals surface area contributed by atoms with E-state index in [9.17, 15) is 0 Å². The van der Waals surface area contributed by atoms with E-state index in [0.29, 0.717) is 5.65 Å². The van der Waals surface area contributed by atoms with Gasteiger partial charge >= 0.3 is 0 Å². The van der Waals surface area contributed by atoms with Crippen molar-refractivity contribution >= 4 is 17.0 Å². The van der Waals surface area contributed by atoms with Gasteiger partial charge in [-0.2, -0.15) is 0 Å². The molecule has 0 aliphatic rings. The predicted octanol–water partition coefficient (Wildman–Crippen LogP) is 3.45. The molecule has 0 bridgehead atoms. The molecule has 108 valence electrons. The van der Waals surface area contributed by atoms with Crippen molar-refractivity contribution in [2.24, 2.45) is 0 Å². The first-order valence-corrected chi connectivity index (χ1v) is 6.97. The van der Waals surface area contributed by atoms with Gasteiger partial charge in [-0.3, -0.25) is 0 Å². The Morgan fingerprint density at radius 2 is 2.00 bits per heavy atom. The van der Waals surface area contributed by atoms with E-state index < -0.39 is 0 Å². The number of rotatable bonds is 4. The Balaban J connectivity index is 1.99. The van der Waals surface area contributed by atoms with Gasteiger partial charge < -0.3 is 15.0 Å². The van der Waals surface area contributed by atoms with Crippen molar-refractivity contribution in [2.75, 3.05) is 12.4 Å². The van der Waals surface area contributed by atoms with Crippen molar-refractivity contribution in [3.8, 4) is 17.1 Å². The Labute approximate surface area is 123 Å². The summed E-state index contributed by atoms with van der Waals surface area (Å²) in [5.41, 5.74) is 2.60. The first-order chi connectivity index (χ1) is 10.2. The molecule has 2 aromatic heterocycles. The lowest BCUT2D eigenvalue weighted by atomic mass is 10.2. The Bertz CT molecular complexity index is 764. The van der Waals surface area contributed by atoms with Crippen LogP contribution in [-0.2, 0) is 0 Å². The van der Waals surface area contributed by atoms with Gasteiger partial charge in [0.05, 0.1) is 11.6 Å². The Kier molecular flexibility index (Phi) is 3.48. The van der Waals surface area contributed by atoms with Crippen LogP contribution in [0, 0.1) is 0 Å². The Morgan fingerprint density at radius 1 is 1.14 bits per heavy atom. The van der Waals surface area contributed by atoms with Crippen LogP contribution in [0.1, 0.15) is 13.8 Å². The predicted molar refractivity (Wildman–Crippen MR) is 84.6 cm³/mol. The maximum Gasteiger partial charge on any atom is 0.180 e. The van der Waals surface area contributed by atoms with Crippen LogP contribution < -0.4 is 10.1 Å². The Morgan fingerprint density at radius 3 is 2.76 bits per heavy atom. The second-order valence-electron chi connectivity index (χ2n) is 5.10. The lowest BCUT2D eigenvalue weighted by Gasteiger charge is -2.09. The number of nitrogens with one attached hydrogen (secondary N) is 2. The average molecular weight is 282 g/mol. The number of anilines is 1. The van der Waals surface area contributed by atoms with Crippen LogP contribution in [0.3, 0.4) is 0 Å². The SMILES string of the molecule is CNc1ccc2[nH]c(-c3cccc(OC(C)C)c3)nc2n1. The van der Waals surface area contributed by atoms with E-state index in [0.717, 1.165) is 28.5 Å². The van der Waals surface area contributed by atoms with Crippen LogP contribution in [0.15, 0.2) is 36.4 Å². The van der Waals surface area contributed by atoms with E-state index in [1.165, 1.54) is 0 Å². The number of hydrogen-bond donors (Lipinski definition) is 2. The molecule has 5 nitrogen and oxygen atoms in total. The second-order valence-corrected chi connectivity index (χ2v) is 5.10. The minimum Gasteiger partial charge on any atom is -0.491 e. The van der Waals surface area contributed by atoms with E-state index in [4.69, 9.17) is 4.74 Å². The third kappa shape index (κ3) is 2.81. The zero-order valence-electron chi connectivity index (χ0n) is 12.3. The monoisotopic (exact) mass is 282 g/mol. The number of fused-ring (bicyclic) bond motifs is 1. The largest absolute Gasteiger partial charge is 0.491 e. The van der Waals surface area contributed by atoms with Crippen LogP contribution in [0.2, 0.25) is 0 Å². The maximum atomic E-state index is 5.72. The average Bonchev–Trinajstić information content (AvgIpc) is 2.89. The molecule has 0 atom stereocenters. The van der Waals surface area contributed by atoms with E-state index in [1.54, 1.807) is 0 Å². The van der Waals surface area contributed by atoms with Crippen LogP contribution in [-0.4, -0.2) is 28.1 Å². The van der Waals surface area contributed by atoms with Crippen molar-refractivity contribution in [2.45, 2.75) is 20.0 Å². The zero-order chi connectivity index (χ0) is 14.8. The van der Waals surface area contributed by atoms with Gasteiger partial charge in [-0.1, -0.05) is 12.1 Å². The number of imidazole rings is 1. The van der Waals surface area contributed by atoms with E-state index >= 15 is 0 Å². The van der Waals surface area contributed by atoms with Gasteiger partial charge in [0.25, 0.3) is 0 Å². The smallest absolute Gasteiger partial charge is 0.180 e. The van der Waals surface area contributed by atoms with Crippen molar-refractivity contribution in [3.05, 3.63) is 36.4 Å². The number of hydrogen-bond acceptors (Lipinski definition) is 4. The highest BCUT2D eigenvalue weighted by molar-refractivity contribution is 5.77. The standard InChI is InChI=1S/C16H18N4O/c1-10(2)21-12-6-4-5-11(9-12)15-18-13-7-8-14(17-3)19-16(13)20-15/h4-10H,1-3H3,(H2,17,18,19,20). The van der Waals surface area contributed by atoms with Crippen LogP contribution in [0.25, 0.3) is 22.6 Å². The van der Waals surface area contributed by atoms with Gasteiger partial charge in [-0.25, -0.2) is 9.97 Å². The summed E-state index contributed by atoms with van der Waals surface area (Å²) in [6.07, 6.45) is 0.149. The number of pyridine rings is 1. The molecule has 0 spiro atoms. The molecule has 21 heavy (non-hydrogen) atoms. The first kappa shape index (κ1) is 13.4. The number of benzene rings is 1. The molecular weight excluding hydrogens is 264 g/mol. The number of H-pyrrole nitrogens is 1. The van der Waals surface area contributed by atoms with Gasteiger partial charge in [0.1, 0.15) is 17.4 Å². The fraction of sp³-hybridized carbons (Fsp3) is 0.250. The summed E-state index contributed by atoms with van der Waals surface area (Å²) in [6.45, 7) is 4.02. The third-order valence-corrected chi connectivity index (χ3v) is 3.08. The number of nitrogens with zero attached hydrogens (tertiary/aromatic N) is 2. The Hall–Kier alpha value is -2.56. The molecule has 3 aromatic rings. The molecule has 0 aliphatic carbocycles. The van der Waals surface area contributed by atoms with Crippen LogP contribution >= 0.6 is 0 Å². The van der Waals surface area contributed by atoms with Crippen molar-refractivity contribution in [1.82, 2.24) is 15.0 Å². The van der Waals surface area contributed by atoms with E-state index in [1.807, 2.05) is 57.3 Å². The summed E-state index contributed by atoms with van der Waals surface area (Å²) >= 11 is 0. The summed E-state index contributed by atoms with van der Waals surface area (Å²) in [7, 11) is 1.84. The van der Waals surface area contributed by atoms with Gasteiger partial charge in [-0.05, 0) is 38.1 Å². The molecule has 5 heteroatoms. The summed E-state index contributed by atoms with van der Waals surface area (Å²) in [5.74, 6) is 2.43. The molecule has 2 heterocycles. The highest BCUT2D eigenvalue weighted by Gasteiger charge is 2.08. The van der Waals surface area contributed by atoms with Crippen LogP contribution in [0.4, 0.5) is 5.82 Å². The minimum atomic E-state index is 0.149. The number of ether oxygens (including phenoxy) is 1. The fourth-order valence-electron chi connectivity index (χ4n) is 2.16. The van der Waals surface area contributed by atoms with Gasteiger partial charge in [-0.15, -0.1) is 0 Å². The molecule has 3 rings (SSSR count). The maximum absolute atomic E-state index is 5.72. The summed E-state index contributed by atoms with van der Waals surface area (Å²) in [5, 5.41) is 3.01. The molecule has 0 saturated heterocycles. The highest BCUT2D eigenvalue weighted by atomic mass is 16.5. The zero-order valence-corrected chi connectivity index (χ0v) is 12.3. The first-order valence-electron chi connectivity index (χ1n) is 6.97. The molecule has 1 aromatic carbocycles. The summed E-state index contributed by atoms with van der Waals surface area (Å²) < 4.78 is 5.72. The molecule has 0 amide bonds. The summed E-state index contributed by atoms with van der Waals surface area (Å²) in [6, 6.07) is 11.8. The van der Waals surface area contributed by atoms with Crippen molar-refractivity contribution in [3.63, 3.8) is 0 Å². The number of aromatic nitrogens is 3. The molecule has 2 N–H and O–H groups in total. The molecule has 0 radical (unpaired) electrons. The molecular formula is C16H18N4O. The lowest BCUT2D eigenvalue weighted by Crippen LogP contribution is -2.05. The minimum absolute atomic E-state index is 0.149. The molecule has 0 unspecified atom stereocenters. The van der Waals surface area contributed by atoms with Crippen molar-refractivity contribution in [1.29, 1.82) is 0 Å². The van der Waals surface area contributed by atoms with Gasteiger partial charge in [0.15, 0.2) is 5.65 Å². The second kappa shape index (κ2) is 5.44. The van der Waals surface area contributed by atoms with Gasteiger partial charge in [0.2, 0.25) is 0 Å². The van der Waals surface area contributed by atoms with E-state index in [2.05, 4.69) is 20.3 Å². The third-order valence-electron chi connectivity index (χ3n) is 3.08. The van der Waals surface area contributed by atoms with Crippen molar-refractivity contribution < 1.29 is 4.74 Å². The normalized spacial score (nSPS) is 11.0. The highest BCUT2D eigenvalue weighted by Crippen LogP contribution is 2.24. The number of aromatic amines is 1. The molecule has 0 aliphatic heterocycles. The van der Waals surface area contributed by atoms with E-state index in [-0.39, 0.29) is 6.10 Å². The summed E-state index contributed by atoms with van der Waals surface area (Å²) in [4.78, 5) is 12.3. The fourth-order valence-corrected chi connectivity index (χ4v) is 2.16.